The molecule has 4 rings (SSSR count). The molecule has 0 radical (unpaired) electrons. The predicted octanol–water partition coefficient (Wildman–Crippen LogP) is 3.47. The smallest absolute Gasteiger partial charge is 0.253 e. The molecule has 0 bridgehead atoms. The van der Waals surface area contributed by atoms with Crippen molar-refractivity contribution in [1.82, 2.24) is 5.32 Å². The van der Waals surface area contributed by atoms with Crippen LogP contribution in [0.4, 0.5) is 11.4 Å². The SMILES string of the molecule is Cc1ccsc1CCNC(=O)C1CCC(CNc2c(N3CCC(C)CC3)c(=O)c2=O)CC1. The van der Waals surface area contributed by atoms with Crippen LogP contribution < -0.4 is 26.4 Å². The number of aryl methyl sites for hydroxylation is 1. The molecule has 0 spiro atoms. The third-order valence-corrected chi connectivity index (χ3v) is 8.47. The Hall–Kier alpha value is -2.15. The Balaban J connectivity index is 1.20. The third-order valence-electron chi connectivity index (χ3n) is 7.39. The number of rotatable bonds is 8. The monoisotopic (exact) mass is 457 g/mol. The number of piperidine rings is 1. The Labute approximate surface area is 194 Å². The van der Waals surface area contributed by atoms with Crippen molar-refractivity contribution in [3.63, 3.8) is 0 Å². The average molecular weight is 458 g/mol. The highest BCUT2D eigenvalue weighted by Gasteiger charge is 2.30. The summed E-state index contributed by atoms with van der Waals surface area (Å²) in [5.41, 5.74) is 1.73. The first-order valence-electron chi connectivity index (χ1n) is 12.1. The first kappa shape index (κ1) is 23.0. The minimum atomic E-state index is -0.368. The summed E-state index contributed by atoms with van der Waals surface area (Å²) < 4.78 is 0. The van der Waals surface area contributed by atoms with Gasteiger partial charge in [0.05, 0.1) is 0 Å². The summed E-state index contributed by atoms with van der Waals surface area (Å²) in [7, 11) is 0. The number of hydrogen-bond donors (Lipinski definition) is 2. The first-order chi connectivity index (χ1) is 15.4. The van der Waals surface area contributed by atoms with Gasteiger partial charge in [-0.15, -0.1) is 11.3 Å². The van der Waals surface area contributed by atoms with E-state index in [-0.39, 0.29) is 22.7 Å². The topological polar surface area (TPSA) is 78.5 Å². The molecule has 1 saturated heterocycles. The number of amides is 1. The summed E-state index contributed by atoms with van der Waals surface area (Å²) in [5.74, 6) is 1.38. The molecular formula is C25H35N3O3S. The molecule has 2 aromatic rings. The maximum Gasteiger partial charge on any atom is 0.253 e. The maximum atomic E-state index is 12.5. The lowest BCUT2D eigenvalue weighted by Crippen LogP contribution is -2.45. The third kappa shape index (κ3) is 5.08. The number of hydrogen-bond acceptors (Lipinski definition) is 6. The number of anilines is 2. The zero-order valence-electron chi connectivity index (χ0n) is 19.2. The van der Waals surface area contributed by atoms with Gasteiger partial charge in [-0.3, -0.25) is 14.4 Å². The lowest BCUT2D eigenvalue weighted by atomic mass is 9.81. The zero-order chi connectivity index (χ0) is 22.7. The summed E-state index contributed by atoms with van der Waals surface area (Å²) in [5, 5.41) is 8.51. The van der Waals surface area contributed by atoms with Crippen LogP contribution in [0, 0.1) is 24.7 Å². The van der Waals surface area contributed by atoms with Crippen LogP contribution in [0.3, 0.4) is 0 Å². The molecule has 0 unspecified atom stereocenters. The Kier molecular flexibility index (Phi) is 7.33. The standard InChI is InChI=1S/C25H35N3O3S/c1-16-8-12-28(13-9-16)22-21(23(29)24(22)30)27-15-18-3-5-19(6-4-18)25(31)26-11-7-20-17(2)10-14-32-20/h10,14,16,18-19,27H,3-9,11-13,15H2,1-2H3,(H,26,31). The molecule has 32 heavy (non-hydrogen) atoms. The molecule has 1 amide bonds. The molecule has 1 aliphatic carbocycles. The van der Waals surface area contributed by atoms with Crippen LogP contribution in [0.25, 0.3) is 0 Å². The van der Waals surface area contributed by atoms with E-state index in [1.165, 1.54) is 10.4 Å². The van der Waals surface area contributed by atoms with Crippen LogP contribution in [0.1, 0.15) is 55.9 Å². The second-order valence-electron chi connectivity index (χ2n) is 9.72. The van der Waals surface area contributed by atoms with Gasteiger partial charge in [0.25, 0.3) is 10.9 Å². The van der Waals surface area contributed by atoms with Crippen molar-refractivity contribution in [2.24, 2.45) is 17.8 Å². The van der Waals surface area contributed by atoms with Gasteiger partial charge in [-0.2, -0.15) is 0 Å². The van der Waals surface area contributed by atoms with Gasteiger partial charge in [0, 0.05) is 37.0 Å². The normalized spacial score (nSPS) is 22.2. The van der Waals surface area contributed by atoms with E-state index in [1.807, 2.05) is 0 Å². The van der Waals surface area contributed by atoms with E-state index in [0.29, 0.717) is 36.3 Å². The van der Waals surface area contributed by atoms with Crippen LogP contribution in [0.2, 0.25) is 0 Å². The van der Waals surface area contributed by atoms with E-state index in [2.05, 4.69) is 40.8 Å². The van der Waals surface area contributed by atoms with Crippen molar-refractivity contribution >= 4 is 28.6 Å². The number of nitrogens with one attached hydrogen (secondary N) is 2. The molecule has 2 heterocycles. The zero-order valence-corrected chi connectivity index (χ0v) is 20.1. The Bertz CT molecular complexity index is 991. The molecule has 0 atom stereocenters. The molecule has 174 valence electrons. The van der Waals surface area contributed by atoms with E-state index >= 15 is 0 Å². The minimum absolute atomic E-state index is 0.0905. The summed E-state index contributed by atoms with van der Waals surface area (Å²) >= 11 is 1.75. The van der Waals surface area contributed by atoms with Gasteiger partial charge in [-0.25, -0.2) is 0 Å². The van der Waals surface area contributed by atoms with E-state index in [4.69, 9.17) is 0 Å². The van der Waals surface area contributed by atoms with E-state index in [9.17, 15) is 14.4 Å². The van der Waals surface area contributed by atoms with Crippen LogP contribution in [-0.4, -0.2) is 32.1 Å². The molecule has 1 saturated carbocycles. The van der Waals surface area contributed by atoms with Crippen molar-refractivity contribution in [2.45, 2.75) is 58.8 Å². The summed E-state index contributed by atoms with van der Waals surface area (Å²) in [4.78, 5) is 40.3. The molecule has 1 aliphatic heterocycles. The van der Waals surface area contributed by atoms with Gasteiger partial charge in [-0.1, -0.05) is 6.92 Å². The van der Waals surface area contributed by atoms with Gasteiger partial charge in [-0.05, 0) is 80.7 Å². The molecule has 1 aromatic carbocycles. The summed E-state index contributed by atoms with van der Waals surface area (Å²) in [6.07, 6.45) is 6.75. The van der Waals surface area contributed by atoms with Crippen LogP contribution in [-0.2, 0) is 11.2 Å². The highest BCUT2D eigenvalue weighted by Crippen LogP contribution is 2.31. The summed E-state index contributed by atoms with van der Waals surface area (Å²) in [6.45, 7) is 7.46. The molecule has 2 fully saturated rings. The number of carbonyl (C=O) groups excluding carboxylic acids is 1. The molecule has 1 aromatic heterocycles. The second kappa shape index (κ2) is 10.2. The van der Waals surface area contributed by atoms with Crippen LogP contribution >= 0.6 is 11.3 Å². The van der Waals surface area contributed by atoms with Crippen LogP contribution in [0.5, 0.6) is 0 Å². The van der Waals surface area contributed by atoms with Gasteiger partial charge in [0.2, 0.25) is 5.91 Å². The fraction of sp³-hybridized carbons (Fsp3) is 0.640. The van der Waals surface area contributed by atoms with Gasteiger partial charge < -0.3 is 15.5 Å². The Morgan fingerprint density at radius 2 is 1.81 bits per heavy atom. The number of thiophene rings is 1. The highest BCUT2D eigenvalue weighted by molar-refractivity contribution is 7.10. The van der Waals surface area contributed by atoms with Crippen molar-refractivity contribution in [1.29, 1.82) is 0 Å². The minimum Gasteiger partial charge on any atom is -0.380 e. The Morgan fingerprint density at radius 3 is 2.47 bits per heavy atom. The Morgan fingerprint density at radius 1 is 1.09 bits per heavy atom. The lowest BCUT2D eigenvalue weighted by Gasteiger charge is -2.34. The second-order valence-corrected chi connectivity index (χ2v) is 10.7. The first-order valence-corrected chi connectivity index (χ1v) is 12.9. The molecule has 2 N–H and O–H groups in total. The van der Waals surface area contributed by atoms with Crippen molar-refractivity contribution in [3.05, 3.63) is 42.3 Å². The van der Waals surface area contributed by atoms with E-state index in [0.717, 1.165) is 58.0 Å². The van der Waals surface area contributed by atoms with E-state index in [1.54, 1.807) is 11.3 Å². The number of carbonyl (C=O) groups is 1. The quantitative estimate of drug-likeness (QED) is 0.594. The fourth-order valence-corrected chi connectivity index (χ4v) is 5.97. The molecule has 7 heteroatoms. The molecule has 2 aliphatic rings. The van der Waals surface area contributed by atoms with Crippen molar-refractivity contribution in [3.8, 4) is 0 Å². The highest BCUT2D eigenvalue weighted by atomic mass is 32.1. The number of nitrogens with zero attached hydrogens (tertiary/aromatic N) is 1. The van der Waals surface area contributed by atoms with Gasteiger partial charge in [0.1, 0.15) is 11.4 Å². The largest absolute Gasteiger partial charge is 0.380 e. The predicted molar refractivity (Wildman–Crippen MR) is 132 cm³/mol. The van der Waals surface area contributed by atoms with Crippen LogP contribution in [0.15, 0.2) is 21.0 Å². The van der Waals surface area contributed by atoms with Crippen molar-refractivity contribution in [2.75, 3.05) is 36.4 Å². The van der Waals surface area contributed by atoms with E-state index < -0.39 is 0 Å². The molecule has 6 nitrogen and oxygen atoms in total. The fourth-order valence-electron chi connectivity index (χ4n) is 5.06. The molecular weight excluding hydrogens is 422 g/mol. The van der Waals surface area contributed by atoms with Gasteiger partial charge >= 0.3 is 0 Å². The average Bonchev–Trinajstić information content (AvgIpc) is 3.21. The van der Waals surface area contributed by atoms with Gasteiger partial charge in [0.15, 0.2) is 0 Å². The van der Waals surface area contributed by atoms with Crippen molar-refractivity contribution < 1.29 is 4.79 Å². The lowest BCUT2D eigenvalue weighted by molar-refractivity contribution is -0.126. The maximum absolute atomic E-state index is 12.5. The summed E-state index contributed by atoms with van der Waals surface area (Å²) in [6, 6.07) is 2.12.